The fourth-order valence-electron chi connectivity index (χ4n) is 7.72. The molecule has 1 aliphatic rings. The topological polar surface area (TPSA) is 16.4 Å². The van der Waals surface area contributed by atoms with Crippen molar-refractivity contribution in [2.45, 2.75) is 19.3 Å². The third-order valence-electron chi connectivity index (χ3n) is 10.0. The van der Waals surface area contributed by atoms with Crippen molar-refractivity contribution in [2.75, 3.05) is 4.90 Å². The molecule has 0 amide bonds. The molecule has 3 heteroatoms. The van der Waals surface area contributed by atoms with Gasteiger partial charge in [-0.25, -0.2) is 0 Å². The van der Waals surface area contributed by atoms with E-state index in [9.17, 15) is 0 Å². The molecule has 0 fully saturated rings. The number of rotatable bonds is 3. The standard InChI is InChI=1S/C43H29NOS/c1-43(2)37-13-7-5-11-31(37)32-18-15-28(23-38(32)43)44(30-17-20-35-34-12-6-8-14-41(34)46-42(35)25-30)29-16-19-33-36-21-26-9-3-4-10-27(26)22-39(36)45-40(33)24-29/h3-25H,1-2H3. The predicted molar refractivity (Wildman–Crippen MR) is 196 cm³/mol. The lowest BCUT2D eigenvalue weighted by atomic mass is 9.82. The summed E-state index contributed by atoms with van der Waals surface area (Å²) in [6.07, 6.45) is 0. The number of nitrogens with zero attached hydrogens (tertiary/aromatic N) is 1. The van der Waals surface area contributed by atoms with Gasteiger partial charge in [0.1, 0.15) is 11.2 Å². The maximum absolute atomic E-state index is 6.56. The van der Waals surface area contributed by atoms with E-state index >= 15 is 0 Å². The Labute approximate surface area is 270 Å². The van der Waals surface area contributed by atoms with Gasteiger partial charge in [-0.15, -0.1) is 11.3 Å². The predicted octanol–water partition coefficient (Wildman–Crippen LogP) is 12.9. The van der Waals surface area contributed by atoms with Crippen LogP contribution in [0.15, 0.2) is 144 Å². The van der Waals surface area contributed by atoms with E-state index in [1.54, 1.807) is 0 Å². The minimum absolute atomic E-state index is 0.0896. The molecule has 0 saturated carbocycles. The largest absolute Gasteiger partial charge is 0.456 e. The van der Waals surface area contributed by atoms with Crippen molar-refractivity contribution in [3.63, 3.8) is 0 Å². The van der Waals surface area contributed by atoms with Crippen LogP contribution in [-0.4, -0.2) is 0 Å². The Hall–Kier alpha value is -5.38. The van der Waals surface area contributed by atoms with Gasteiger partial charge >= 0.3 is 0 Å². The van der Waals surface area contributed by atoms with E-state index in [-0.39, 0.29) is 5.41 Å². The lowest BCUT2D eigenvalue weighted by Crippen LogP contribution is -2.16. The van der Waals surface area contributed by atoms with Gasteiger partial charge in [-0.1, -0.05) is 92.7 Å². The molecule has 218 valence electrons. The molecule has 0 aliphatic heterocycles. The fraction of sp³-hybridized carbons (Fsp3) is 0.0698. The van der Waals surface area contributed by atoms with Crippen LogP contribution in [0.5, 0.6) is 0 Å². The number of benzene rings is 7. The first kappa shape index (κ1) is 25.9. The maximum Gasteiger partial charge on any atom is 0.137 e. The van der Waals surface area contributed by atoms with Gasteiger partial charge < -0.3 is 9.32 Å². The van der Waals surface area contributed by atoms with Crippen molar-refractivity contribution in [3.05, 3.63) is 151 Å². The highest BCUT2D eigenvalue weighted by molar-refractivity contribution is 7.25. The fourth-order valence-corrected chi connectivity index (χ4v) is 8.86. The summed E-state index contributed by atoms with van der Waals surface area (Å²) in [7, 11) is 0. The lowest BCUT2D eigenvalue weighted by Gasteiger charge is -2.28. The zero-order valence-corrected chi connectivity index (χ0v) is 26.4. The molecule has 0 saturated heterocycles. The van der Waals surface area contributed by atoms with Crippen LogP contribution in [0.25, 0.3) is 64.0 Å². The summed E-state index contributed by atoms with van der Waals surface area (Å²) in [4.78, 5) is 2.40. The highest BCUT2D eigenvalue weighted by Crippen LogP contribution is 2.51. The third-order valence-corrected chi connectivity index (χ3v) is 11.2. The highest BCUT2D eigenvalue weighted by atomic mass is 32.1. The van der Waals surface area contributed by atoms with Crippen molar-refractivity contribution in [1.82, 2.24) is 0 Å². The van der Waals surface area contributed by atoms with Gasteiger partial charge in [-0.2, -0.15) is 0 Å². The van der Waals surface area contributed by atoms with E-state index in [1.807, 2.05) is 11.3 Å². The average molecular weight is 608 g/mol. The van der Waals surface area contributed by atoms with Crippen LogP contribution >= 0.6 is 11.3 Å². The van der Waals surface area contributed by atoms with Gasteiger partial charge in [0.25, 0.3) is 0 Å². The van der Waals surface area contributed by atoms with E-state index in [1.165, 1.54) is 53.2 Å². The van der Waals surface area contributed by atoms with Crippen LogP contribution in [-0.2, 0) is 5.41 Å². The number of fused-ring (bicyclic) bond motifs is 10. The molecule has 1 aliphatic carbocycles. The molecule has 2 aromatic heterocycles. The van der Waals surface area contributed by atoms with E-state index in [2.05, 4.69) is 158 Å². The lowest BCUT2D eigenvalue weighted by molar-refractivity contribution is 0.660. The van der Waals surface area contributed by atoms with Crippen molar-refractivity contribution in [3.8, 4) is 11.1 Å². The minimum atomic E-state index is -0.0896. The summed E-state index contributed by atoms with van der Waals surface area (Å²) < 4.78 is 9.16. The molecule has 10 rings (SSSR count). The van der Waals surface area contributed by atoms with Gasteiger partial charge in [-0.3, -0.25) is 0 Å². The molecule has 7 aromatic carbocycles. The summed E-state index contributed by atoms with van der Waals surface area (Å²) in [5.41, 5.74) is 10.5. The Bertz CT molecular complexity index is 2690. The van der Waals surface area contributed by atoms with Gasteiger partial charge in [0.15, 0.2) is 0 Å². The van der Waals surface area contributed by atoms with Crippen LogP contribution in [0.1, 0.15) is 25.0 Å². The molecule has 46 heavy (non-hydrogen) atoms. The monoisotopic (exact) mass is 607 g/mol. The first-order valence-corrected chi connectivity index (χ1v) is 16.7. The first-order valence-electron chi connectivity index (χ1n) is 15.8. The van der Waals surface area contributed by atoms with Gasteiger partial charge in [0.05, 0.1) is 0 Å². The number of thiophene rings is 1. The van der Waals surface area contributed by atoms with Crippen LogP contribution in [0.2, 0.25) is 0 Å². The average Bonchev–Trinajstić information content (AvgIpc) is 3.71. The second-order valence-corrected chi connectivity index (χ2v) is 14.1. The molecule has 0 N–H and O–H groups in total. The number of hydrogen-bond acceptors (Lipinski definition) is 3. The Morgan fingerprint density at radius 3 is 2.00 bits per heavy atom. The number of furan rings is 1. The van der Waals surface area contributed by atoms with Gasteiger partial charge in [0, 0.05) is 59.5 Å². The minimum Gasteiger partial charge on any atom is -0.456 e. The summed E-state index contributed by atoms with van der Waals surface area (Å²) in [5.74, 6) is 0. The van der Waals surface area contributed by atoms with E-state index in [0.29, 0.717) is 0 Å². The third kappa shape index (κ3) is 3.64. The Morgan fingerprint density at radius 2 is 1.11 bits per heavy atom. The SMILES string of the molecule is CC1(C)c2ccccc2-c2ccc(N(c3ccc4c(c3)oc3cc5ccccc5cc34)c3ccc4c(c3)sc3ccccc34)cc21. The normalized spacial score (nSPS) is 13.6. The molecule has 0 spiro atoms. The Kier molecular flexibility index (Phi) is 5.25. The van der Waals surface area contributed by atoms with Crippen molar-refractivity contribution in [2.24, 2.45) is 0 Å². The Morgan fingerprint density at radius 1 is 0.478 bits per heavy atom. The molecule has 0 atom stereocenters. The molecule has 2 nitrogen and oxygen atoms in total. The molecule has 0 unspecified atom stereocenters. The zero-order chi connectivity index (χ0) is 30.6. The molecular weight excluding hydrogens is 579 g/mol. The smallest absolute Gasteiger partial charge is 0.137 e. The van der Waals surface area contributed by atoms with Crippen molar-refractivity contribution >= 4 is 81.3 Å². The van der Waals surface area contributed by atoms with E-state index in [0.717, 1.165) is 39.0 Å². The van der Waals surface area contributed by atoms with Crippen LogP contribution < -0.4 is 4.90 Å². The van der Waals surface area contributed by atoms with Crippen molar-refractivity contribution < 1.29 is 4.42 Å². The van der Waals surface area contributed by atoms with Crippen LogP contribution in [0.4, 0.5) is 17.1 Å². The van der Waals surface area contributed by atoms with Crippen LogP contribution in [0, 0.1) is 0 Å². The number of hydrogen-bond donors (Lipinski definition) is 0. The summed E-state index contributed by atoms with van der Waals surface area (Å²) in [6, 6.07) is 51.0. The Balaban J connectivity index is 1.19. The number of anilines is 3. The van der Waals surface area contributed by atoms with Gasteiger partial charge in [0.2, 0.25) is 0 Å². The van der Waals surface area contributed by atoms with E-state index in [4.69, 9.17) is 4.42 Å². The highest BCUT2D eigenvalue weighted by Gasteiger charge is 2.35. The second-order valence-electron chi connectivity index (χ2n) is 13.0. The zero-order valence-electron chi connectivity index (χ0n) is 25.5. The maximum atomic E-state index is 6.56. The molecule has 0 bridgehead atoms. The quantitative estimate of drug-likeness (QED) is 0.199. The first-order chi connectivity index (χ1) is 22.5. The second kappa shape index (κ2) is 9.32. The molecular formula is C43H29NOS. The molecule has 2 heterocycles. The van der Waals surface area contributed by atoms with Crippen LogP contribution in [0.3, 0.4) is 0 Å². The summed E-state index contributed by atoms with van der Waals surface area (Å²) in [6.45, 7) is 4.69. The summed E-state index contributed by atoms with van der Waals surface area (Å²) >= 11 is 1.86. The van der Waals surface area contributed by atoms with E-state index < -0.39 is 0 Å². The molecule has 0 radical (unpaired) electrons. The van der Waals surface area contributed by atoms with Gasteiger partial charge in [-0.05, 0) is 87.6 Å². The molecule has 9 aromatic rings. The van der Waals surface area contributed by atoms with Crippen molar-refractivity contribution in [1.29, 1.82) is 0 Å². The summed E-state index contributed by atoms with van der Waals surface area (Å²) in [5, 5.41) is 7.31.